The van der Waals surface area contributed by atoms with Crippen molar-refractivity contribution >= 4 is 18.9 Å². The van der Waals surface area contributed by atoms with E-state index in [0.717, 1.165) is 24.8 Å². The van der Waals surface area contributed by atoms with Gasteiger partial charge in [-0.05, 0) is 31.7 Å². The summed E-state index contributed by atoms with van der Waals surface area (Å²) in [7, 11) is 0. The molecule has 0 spiro atoms. The summed E-state index contributed by atoms with van der Waals surface area (Å²) >= 11 is 2.53. The minimum absolute atomic E-state index is 0.338. The third kappa shape index (κ3) is 4.98. The standard InChI is InChI=1S/C14H25N3O.H2OS/c1-4-5-6-12-7-9-17(10-8-12)14-15-13(11(2)3)16-18-14;1-2/h11-12H,4-10H2,1-3H3;1-2H. The average Bonchev–Trinajstić information content (AvgIpc) is 2.98. The molecule has 116 valence electrons. The van der Waals surface area contributed by atoms with Gasteiger partial charge in [-0.1, -0.05) is 45.2 Å². The first kappa shape index (κ1) is 17.3. The Morgan fingerprint density at radius 3 is 2.50 bits per heavy atom. The van der Waals surface area contributed by atoms with Gasteiger partial charge in [0.2, 0.25) is 0 Å². The fourth-order valence-electron chi connectivity index (χ4n) is 2.50. The summed E-state index contributed by atoms with van der Waals surface area (Å²) in [5.41, 5.74) is 0. The second-order valence-electron chi connectivity index (χ2n) is 5.66. The van der Waals surface area contributed by atoms with E-state index in [9.17, 15) is 0 Å². The zero-order chi connectivity index (χ0) is 15.0. The van der Waals surface area contributed by atoms with E-state index in [-0.39, 0.29) is 0 Å². The van der Waals surface area contributed by atoms with Crippen LogP contribution < -0.4 is 4.90 Å². The molecule has 20 heavy (non-hydrogen) atoms. The molecule has 0 saturated carbocycles. The molecule has 0 atom stereocenters. The van der Waals surface area contributed by atoms with Gasteiger partial charge in [-0.15, -0.1) is 0 Å². The van der Waals surface area contributed by atoms with Crippen LogP contribution in [0.3, 0.4) is 0 Å². The van der Waals surface area contributed by atoms with Gasteiger partial charge < -0.3 is 14.0 Å². The highest BCUT2D eigenvalue weighted by Gasteiger charge is 2.23. The fraction of sp³-hybridized carbons (Fsp3) is 0.857. The van der Waals surface area contributed by atoms with E-state index in [1.807, 2.05) is 0 Å². The van der Waals surface area contributed by atoms with E-state index < -0.39 is 0 Å². The Kier molecular flexibility index (Phi) is 7.99. The molecule has 1 N–H and O–H groups in total. The summed E-state index contributed by atoms with van der Waals surface area (Å²) in [6, 6.07) is 0.715. The van der Waals surface area contributed by atoms with Crippen LogP contribution in [0.2, 0.25) is 0 Å². The number of piperidine rings is 1. The van der Waals surface area contributed by atoms with Crippen LogP contribution >= 0.6 is 12.9 Å². The number of anilines is 1. The quantitative estimate of drug-likeness (QED) is 0.636. The molecule has 6 heteroatoms. The highest BCUT2D eigenvalue weighted by Crippen LogP contribution is 2.26. The minimum Gasteiger partial charge on any atom is -0.333 e. The Hall–Kier alpha value is -0.750. The molecule has 0 aliphatic carbocycles. The highest BCUT2D eigenvalue weighted by atomic mass is 32.1. The molecule has 0 unspecified atom stereocenters. The lowest BCUT2D eigenvalue weighted by Crippen LogP contribution is -2.33. The second-order valence-corrected chi connectivity index (χ2v) is 5.66. The van der Waals surface area contributed by atoms with E-state index in [1.54, 1.807) is 0 Å². The lowest BCUT2D eigenvalue weighted by atomic mass is 9.92. The molecular weight excluding hydrogens is 274 g/mol. The third-order valence-corrected chi connectivity index (χ3v) is 3.80. The smallest absolute Gasteiger partial charge is 0.324 e. The van der Waals surface area contributed by atoms with Crippen LogP contribution in [0, 0.1) is 5.92 Å². The van der Waals surface area contributed by atoms with Crippen LogP contribution in [-0.2, 0) is 0 Å². The molecule has 1 aromatic heterocycles. The van der Waals surface area contributed by atoms with Crippen molar-refractivity contribution in [3.63, 3.8) is 0 Å². The predicted octanol–water partition coefficient (Wildman–Crippen LogP) is 3.99. The Balaban J connectivity index is 0.000000956. The summed E-state index contributed by atoms with van der Waals surface area (Å²) in [4.78, 5) is 6.71. The van der Waals surface area contributed by atoms with Gasteiger partial charge in [0.05, 0.1) is 0 Å². The molecule has 1 fully saturated rings. The van der Waals surface area contributed by atoms with Gasteiger partial charge in [0.25, 0.3) is 0 Å². The molecule has 1 aliphatic heterocycles. The lowest BCUT2D eigenvalue weighted by Gasteiger charge is -2.30. The number of aromatic nitrogens is 2. The number of rotatable bonds is 5. The van der Waals surface area contributed by atoms with Crippen molar-refractivity contribution in [2.45, 2.75) is 58.8 Å². The van der Waals surface area contributed by atoms with Crippen molar-refractivity contribution in [2.24, 2.45) is 5.92 Å². The van der Waals surface area contributed by atoms with Crippen molar-refractivity contribution < 1.29 is 9.08 Å². The number of hydrogen-bond donors (Lipinski definition) is 2. The summed E-state index contributed by atoms with van der Waals surface area (Å²) in [5, 5.41) is 4.03. The Morgan fingerprint density at radius 1 is 1.35 bits per heavy atom. The molecule has 0 radical (unpaired) electrons. The van der Waals surface area contributed by atoms with Crippen molar-refractivity contribution in [2.75, 3.05) is 18.0 Å². The number of nitrogens with zero attached hydrogens (tertiary/aromatic N) is 3. The normalized spacial score (nSPS) is 16.2. The fourth-order valence-corrected chi connectivity index (χ4v) is 2.50. The zero-order valence-electron chi connectivity index (χ0n) is 12.7. The van der Waals surface area contributed by atoms with Crippen LogP contribution in [-0.4, -0.2) is 27.8 Å². The van der Waals surface area contributed by atoms with Gasteiger partial charge in [-0.25, -0.2) is 0 Å². The van der Waals surface area contributed by atoms with Crippen LogP contribution in [0.25, 0.3) is 0 Å². The molecule has 2 heterocycles. The van der Waals surface area contributed by atoms with Crippen LogP contribution in [0.4, 0.5) is 6.01 Å². The molecule has 1 saturated heterocycles. The van der Waals surface area contributed by atoms with Gasteiger partial charge >= 0.3 is 6.01 Å². The first-order valence-corrected chi connectivity index (χ1v) is 7.89. The molecule has 0 aromatic carbocycles. The zero-order valence-corrected chi connectivity index (χ0v) is 13.6. The van der Waals surface area contributed by atoms with E-state index in [4.69, 9.17) is 9.08 Å². The summed E-state index contributed by atoms with van der Waals surface area (Å²) in [6.45, 7) is 8.57. The van der Waals surface area contributed by atoms with E-state index >= 15 is 0 Å². The molecule has 0 bridgehead atoms. The van der Waals surface area contributed by atoms with E-state index in [2.05, 4.69) is 48.7 Å². The highest BCUT2D eigenvalue weighted by molar-refractivity contribution is 7.74. The van der Waals surface area contributed by atoms with E-state index in [1.165, 1.54) is 32.1 Å². The largest absolute Gasteiger partial charge is 0.333 e. The maximum atomic E-state index is 6.69. The Bertz CT molecular complexity index is 363. The minimum atomic E-state index is 0.338. The first-order valence-electron chi connectivity index (χ1n) is 7.49. The van der Waals surface area contributed by atoms with E-state index in [0.29, 0.717) is 11.9 Å². The lowest BCUT2D eigenvalue weighted by molar-refractivity contribution is 0.343. The molecular formula is C14H27N3O2S. The van der Waals surface area contributed by atoms with Crippen molar-refractivity contribution in [3.05, 3.63) is 5.82 Å². The van der Waals surface area contributed by atoms with Crippen LogP contribution in [0.15, 0.2) is 4.52 Å². The Labute approximate surface area is 127 Å². The molecule has 1 aromatic rings. The number of unbranched alkanes of at least 4 members (excludes halogenated alkanes) is 1. The van der Waals surface area contributed by atoms with Gasteiger partial charge in [-0.2, -0.15) is 4.98 Å². The van der Waals surface area contributed by atoms with Crippen molar-refractivity contribution in [1.82, 2.24) is 10.1 Å². The van der Waals surface area contributed by atoms with Gasteiger partial charge in [0.15, 0.2) is 5.82 Å². The summed E-state index contributed by atoms with van der Waals surface area (Å²) < 4.78 is 12.0. The SMILES string of the molecule is CCCCC1CCN(c2nc(C(C)C)no2)CC1.OS. The average molecular weight is 301 g/mol. The maximum Gasteiger partial charge on any atom is 0.324 e. The summed E-state index contributed by atoms with van der Waals surface area (Å²) in [6.07, 6.45) is 6.58. The van der Waals surface area contributed by atoms with Crippen LogP contribution in [0.1, 0.15) is 64.6 Å². The first-order chi connectivity index (χ1) is 9.70. The molecule has 0 amide bonds. The van der Waals surface area contributed by atoms with Crippen molar-refractivity contribution in [3.8, 4) is 0 Å². The Morgan fingerprint density at radius 2 is 2.00 bits per heavy atom. The maximum absolute atomic E-state index is 6.69. The van der Waals surface area contributed by atoms with Gasteiger partial charge in [-0.3, -0.25) is 0 Å². The van der Waals surface area contributed by atoms with Crippen LogP contribution in [0.5, 0.6) is 0 Å². The third-order valence-electron chi connectivity index (χ3n) is 3.80. The van der Waals surface area contributed by atoms with Gasteiger partial charge in [0, 0.05) is 19.0 Å². The topological polar surface area (TPSA) is 62.4 Å². The number of thiol groups is 1. The molecule has 2 rings (SSSR count). The molecule has 5 nitrogen and oxygen atoms in total. The molecule has 1 aliphatic rings. The number of hydrogen-bond acceptors (Lipinski definition) is 6. The van der Waals surface area contributed by atoms with Gasteiger partial charge in [0.1, 0.15) is 0 Å². The summed E-state index contributed by atoms with van der Waals surface area (Å²) in [5.74, 6) is 2.05. The van der Waals surface area contributed by atoms with Crippen molar-refractivity contribution in [1.29, 1.82) is 0 Å². The second kappa shape index (κ2) is 9.23. The monoisotopic (exact) mass is 301 g/mol. The predicted molar refractivity (Wildman–Crippen MR) is 84.5 cm³/mol.